The van der Waals surface area contributed by atoms with Crippen LogP contribution in [-0.2, 0) is 26.7 Å². The van der Waals surface area contributed by atoms with Crippen molar-refractivity contribution in [3.05, 3.63) is 70.8 Å². The van der Waals surface area contributed by atoms with Gasteiger partial charge in [0.1, 0.15) is 0 Å². The number of hydrogen-bond acceptors (Lipinski definition) is 3. The highest BCUT2D eigenvalue weighted by Gasteiger charge is 2.12. The molecule has 0 bridgehead atoms. The van der Waals surface area contributed by atoms with Gasteiger partial charge in [0, 0.05) is 38.1 Å². The highest BCUT2D eigenvalue weighted by molar-refractivity contribution is 5.79. The van der Waals surface area contributed by atoms with Gasteiger partial charge in [-0.3, -0.25) is 14.4 Å². The molecule has 7 nitrogen and oxygen atoms in total. The molecule has 27 heavy (non-hydrogen) atoms. The van der Waals surface area contributed by atoms with Crippen LogP contribution in [0.1, 0.15) is 28.2 Å². The maximum absolute atomic E-state index is 4.71. The quantitative estimate of drug-likeness (QED) is 0.519. The van der Waals surface area contributed by atoms with Gasteiger partial charge in [-0.25, -0.2) is 0 Å². The van der Waals surface area contributed by atoms with Gasteiger partial charge in [0.15, 0.2) is 5.96 Å². The van der Waals surface area contributed by atoms with E-state index in [9.17, 15) is 0 Å². The molecule has 2 N–H and O–H groups in total. The molecule has 0 saturated heterocycles. The minimum absolute atomic E-state index is 0.668. The standard InChI is InChI=1S/C20H27N7/c1-15-19(16(2)27(25-15)14-17-8-6-5-7-9-17)13-23-20(21-3)22-12-18-10-11-24-26(18)4/h5-11H,12-14H2,1-4H3,(H2,21,22,23). The Hall–Kier alpha value is -3.09. The van der Waals surface area contributed by atoms with Gasteiger partial charge in [-0.05, 0) is 25.5 Å². The lowest BCUT2D eigenvalue weighted by molar-refractivity contribution is 0.657. The molecule has 7 heteroatoms. The van der Waals surface area contributed by atoms with E-state index >= 15 is 0 Å². The number of guanidine groups is 1. The van der Waals surface area contributed by atoms with Gasteiger partial charge in [0.05, 0.1) is 24.5 Å². The lowest BCUT2D eigenvalue weighted by atomic mass is 10.2. The van der Waals surface area contributed by atoms with Crippen molar-refractivity contribution in [2.75, 3.05) is 7.05 Å². The first-order chi connectivity index (χ1) is 13.1. The smallest absolute Gasteiger partial charge is 0.191 e. The lowest BCUT2D eigenvalue weighted by Gasteiger charge is -2.12. The molecule has 2 heterocycles. The number of nitrogens with zero attached hydrogens (tertiary/aromatic N) is 5. The molecule has 0 amide bonds. The first kappa shape index (κ1) is 18.7. The van der Waals surface area contributed by atoms with E-state index in [1.54, 1.807) is 13.2 Å². The van der Waals surface area contributed by atoms with Crippen LogP contribution in [0.3, 0.4) is 0 Å². The number of aromatic nitrogens is 4. The van der Waals surface area contributed by atoms with E-state index in [4.69, 9.17) is 5.10 Å². The fraction of sp³-hybridized carbons (Fsp3) is 0.350. The zero-order valence-corrected chi connectivity index (χ0v) is 16.4. The highest BCUT2D eigenvalue weighted by Crippen LogP contribution is 2.14. The minimum atomic E-state index is 0.668. The maximum Gasteiger partial charge on any atom is 0.191 e. The number of aryl methyl sites for hydroxylation is 2. The Morgan fingerprint density at radius 1 is 1.07 bits per heavy atom. The summed E-state index contributed by atoms with van der Waals surface area (Å²) in [6.45, 7) is 6.29. The van der Waals surface area contributed by atoms with Crippen molar-refractivity contribution in [1.82, 2.24) is 30.2 Å². The molecule has 3 aromatic rings. The van der Waals surface area contributed by atoms with E-state index in [2.05, 4.69) is 63.5 Å². The second kappa shape index (κ2) is 8.53. The van der Waals surface area contributed by atoms with Crippen LogP contribution in [0.2, 0.25) is 0 Å². The molecule has 0 aliphatic heterocycles. The summed E-state index contributed by atoms with van der Waals surface area (Å²) in [5.74, 6) is 0.755. The summed E-state index contributed by atoms with van der Waals surface area (Å²) in [6.07, 6.45) is 1.79. The van der Waals surface area contributed by atoms with Crippen LogP contribution in [0.5, 0.6) is 0 Å². The van der Waals surface area contributed by atoms with Crippen LogP contribution >= 0.6 is 0 Å². The van der Waals surface area contributed by atoms with Crippen molar-refractivity contribution in [2.24, 2.45) is 12.0 Å². The summed E-state index contributed by atoms with van der Waals surface area (Å²) >= 11 is 0. The average Bonchev–Trinajstić information content (AvgIpc) is 3.20. The van der Waals surface area contributed by atoms with Crippen LogP contribution in [0.15, 0.2) is 47.6 Å². The zero-order valence-electron chi connectivity index (χ0n) is 16.4. The fourth-order valence-corrected chi connectivity index (χ4v) is 3.04. The molecule has 3 rings (SSSR count). The SMILES string of the molecule is CN=C(NCc1c(C)nn(Cc2ccccc2)c1C)NCc1ccnn1C. The molecule has 0 fully saturated rings. The summed E-state index contributed by atoms with van der Waals surface area (Å²) in [5, 5.41) is 15.6. The number of benzene rings is 1. The van der Waals surface area contributed by atoms with E-state index in [-0.39, 0.29) is 0 Å². The van der Waals surface area contributed by atoms with E-state index < -0.39 is 0 Å². The molecule has 0 radical (unpaired) electrons. The first-order valence-corrected chi connectivity index (χ1v) is 9.06. The van der Waals surface area contributed by atoms with E-state index in [0.29, 0.717) is 13.1 Å². The van der Waals surface area contributed by atoms with Gasteiger partial charge < -0.3 is 10.6 Å². The maximum atomic E-state index is 4.71. The van der Waals surface area contributed by atoms with Gasteiger partial charge in [-0.15, -0.1) is 0 Å². The predicted octanol–water partition coefficient (Wildman–Crippen LogP) is 2.15. The van der Waals surface area contributed by atoms with Crippen LogP contribution in [-0.4, -0.2) is 32.6 Å². The lowest BCUT2D eigenvalue weighted by Crippen LogP contribution is -2.37. The monoisotopic (exact) mass is 365 g/mol. The molecular formula is C20H27N7. The number of hydrogen-bond donors (Lipinski definition) is 2. The molecule has 0 atom stereocenters. The van der Waals surface area contributed by atoms with Gasteiger partial charge >= 0.3 is 0 Å². The van der Waals surface area contributed by atoms with Crippen molar-refractivity contribution >= 4 is 5.96 Å². The predicted molar refractivity (Wildman–Crippen MR) is 107 cm³/mol. The molecule has 0 spiro atoms. The van der Waals surface area contributed by atoms with Crippen molar-refractivity contribution in [1.29, 1.82) is 0 Å². The molecular weight excluding hydrogens is 338 g/mol. The average molecular weight is 365 g/mol. The Morgan fingerprint density at radius 2 is 1.81 bits per heavy atom. The summed E-state index contributed by atoms with van der Waals surface area (Å²) in [6, 6.07) is 12.4. The third-order valence-corrected chi connectivity index (χ3v) is 4.72. The second-order valence-electron chi connectivity index (χ2n) is 6.52. The first-order valence-electron chi connectivity index (χ1n) is 9.06. The minimum Gasteiger partial charge on any atom is -0.352 e. The van der Waals surface area contributed by atoms with Gasteiger partial charge in [0.25, 0.3) is 0 Å². The third-order valence-electron chi connectivity index (χ3n) is 4.72. The Bertz CT molecular complexity index is 906. The largest absolute Gasteiger partial charge is 0.352 e. The van der Waals surface area contributed by atoms with E-state index in [0.717, 1.165) is 23.9 Å². The second-order valence-corrected chi connectivity index (χ2v) is 6.52. The van der Waals surface area contributed by atoms with Gasteiger partial charge in [-0.2, -0.15) is 10.2 Å². The van der Waals surface area contributed by atoms with Crippen LogP contribution < -0.4 is 10.6 Å². The van der Waals surface area contributed by atoms with Crippen molar-refractivity contribution in [2.45, 2.75) is 33.5 Å². The van der Waals surface area contributed by atoms with Gasteiger partial charge in [0.2, 0.25) is 0 Å². The highest BCUT2D eigenvalue weighted by atomic mass is 15.3. The Morgan fingerprint density at radius 3 is 2.48 bits per heavy atom. The van der Waals surface area contributed by atoms with Crippen LogP contribution in [0.4, 0.5) is 0 Å². The van der Waals surface area contributed by atoms with Crippen LogP contribution in [0.25, 0.3) is 0 Å². The molecule has 142 valence electrons. The number of nitrogens with one attached hydrogen (secondary N) is 2. The van der Waals surface area contributed by atoms with Crippen molar-refractivity contribution in [3.63, 3.8) is 0 Å². The normalized spacial score (nSPS) is 11.6. The summed E-state index contributed by atoms with van der Waals surface area (Å²) in [4.78, 5) is 4.30. The summed E-state index contributed by atoms with van der Waals surface area (Å²) in [7, 11) is 3.71. The van der Waals surface area contributed by atoms with Crippen molar-refractivity contribution in [3.8, 4) is 0 Å². The summed E-state index contributed by atoms with van der Waals surface area (Å²) < 4.78 is 3.91. The molecule has 0 aliphatic carbocycles. The van der Waals surface area contributed by atoms with Crippen molar-refractivity contribution < 1.29 is 0 Å². The zero-order chi connectivity index (χ0) is 19.2. The molecule has 0 unspecified atom stereocenters. The summed E-state index contributed by atoms with van der Waals surface area (Å²) in [5.41, 5.74) is 5.76. The topological polar surface area (TPSA) is 72.1 Å². The molecule has 1 aromatic carbocycles. The molecule has 2 aromatic heterocycles. The number of aliphatic imine (C=N–C) groups is 1. The molecule has 0 saturated carbocycles. The Balaban J connectivity index is 1.62. The number of rotatable bonds is 6. The fourth-order valence-electron chi connectivity index (χ4n) is 3.04. The Kier molecular flexibility index (Phi) is 5.90. The van der Waals surface area contributed by atoms with Gasteiger partial charge in [-0.1, -0.05) is 30.3 Å². The van der Waals surface area contributed by atoms with E-state index in [1.807, 2.05) is 23.9 Å². The van der Waals surface area contributed by atoms with E-state index in [1.165, 1.54) is 16.8 Å². The third kappa shape index (κ3) is 4.55. The van der Waals surface area contributed by atoms with Crippen LogP contribution in [0, 0.1) is 13.8 Å². The Labute approximate surface area is 160 Å². The molecule has 0 aliphatic rings.